The number of carbonyl (C=O) groups is 1. The van der Waals surface area contributed by atoms with Gasteiger partial charge in [0.15, 0.2) is 0 Å². The number of ketones is 1. The van der Waals surface area contributed by atoms with Crippen LogP contribution in [0.25, 0.3) is 0 Å². The zero-order valence-electron chi connectivity index (χ0n) is 8.82. The highest BCUT2D eigenvalue weighted by molar-refractivity contribution is 6.07. The van der Waals surface area contributed by atoms with Gasteiger partial charge in [-0.05, 0) is 19.1 Å². The molecule has 0 amide bonds. The second kappa shape index (κ2) is 3.73. The van der Waals surface area contributed by atoms with E-state index in [9.17, 15) is 4.79 Å². The second-order valence-corrected chi connectivity index (χ2v) is 3.60. The van der Waals surface area contributed by atoms with Crippen molar-refractivity contribution in [2.45, 2.75) is 6.92 Å². The topological polar surface area (TPSA) is 22.0 Å². The van der Waals surface area contributed by atoms with Crippen LogP contribution in [0, 0.1) is 13.1 Å². The molecule has 2 heteroatoms. The van der Waals surface area contributed by atoms with E-state index in [1.165, 1.54) is 0 Å². The fourth-order valence-electron chi connectivity index (χ4n) is 1.49. The van der Waals surface area contributed by atoms with E-state index in [0.29, 0.717) is 5.69 Å². The van der Waals surface area contributed by atoms with E-state index >= 15 is 0 Å². The maximum atomic E-state index is 12.0. The van der Waals surface area contributed by atoms with E-state index in [1.807, 2.05) is 38.2 Å². The number of hydrogen-bond acceptors (Lipinski definition) is 1. The minimum Gasteiger partial charge on any atom is -0.340 e. The first kappa shape index (κ1) is 9.71. The summed E-state index contributed by atoms with van der Waals surface area (Å²) in [7, 11) is 1.82. The SMILES string of the molecule is Cc1ccc(C(=O)c2cc[c]n2C)cc1. The van der Waals surface area contributed by atoms with E-state index in [2.05, 4.69) is 6.20 Å². The van der Waals surface area contributed by atoms with Gasteiger partial charge in [0, 0.05) is 12.6 Å². The quantitative estimate of drug-likeness (QED) is 0.679. The molecule has 0 fully saturated rings. The first-order chi connectivity index (χ1) is 7.18. The van der Waals surface area contributed by atoms with Crippen LogP contribution >= 0.6 is 0 Å². The van der Waals surface area contributed by atoms with Crippen molar-refractivity contribution >= 4 is 5.78 Å². The third kappa shape index (κ3) is 1.84. The highest BCUT2D eigenvalue weighted by atomic mass is 16.1. The molecule has 1 heterocycles. The van der Waals surface area contributed by atoms with Gasteiger partial charge in [0.25, 0.3) is 0 Å². The smallest absolute Gasteiger partial charge is 0.209 e. The van der Waals surface area contributed by atoms with Gasteiger partial charge in [-0.1, -0.05) is 29.8 Å². The lowest BCUT2D eigenvalue weighted by atomic mass is 10.1. The number of nitrogens with zero attached hydrogens (tertiary/aromatic N) is 1. The van der Waals surface area contributed by atoms with Crippen LogP contribution in [-0.4, -0.2) is 10.4 Å². The summed E-state index contributed by atoms with van der Waals surface area (Å²) in [6.07, 6.45) is 2.93. The predicted molar refractivity (Wildman–Crippen MR) is 58.9 cm³/mol. The summed E-state index contributed by atoms with van der Waals surface area (Å²) in [5.74, 6) is 0.0405. The molecular formula is C13H12NO. The van der Waals surface area contributed by atoms with Crippen molar-refractivity contribution in [2.75, 3.05) is 0 Å². The molecule has 2 nitrogen and oxygen atoms in total. The Morgan fingerprint density at radius 3 is 2.40 bits per heavy atom. The van der Waals surface area contributed by atoms with Crippen LogP contribution in [-0.2, 0) is 7.05 Å². The lowest BCUT2D eigenvalue weighted by Gasteiger charge is -2.02. The van der Waals surface area contributed by atoms with Crippen LogP contribution < -0.4 is 0 Å². The van der Waals surface area contributed by atoms with Crippen molar-refractivity contribution in [1.82, 2.24) is 4.57 Å². The predicted octanol–water partition coefficient (Wildman–Crippen LogP) is 2.36. The molecule has 0 N–H and O–H groups in total. The number of hydrogen-bond donors (Lipinski definition) is 0. The van der Waals surface area contributed by atoms with Crippen molar-refractivity contribution in [2.24, 2.45) is 7.05 Å². The van der Waals surface area contributed by atoms with Gasteiger partial charge in [-0.3, -0.25) is 4.79 Å². The van der Waals surface area contributed by atoms with Gasteiger partial charge in [0.2, 0.25) is 5.78 Å². The Labute approximate surface area is 89.2 Å². The average Bonchev–Trinajstić information content (AvgIpc) is 2.65. The first-order valence-corrected chi connectivity index (χ1v) is 4.83. The summed E-state index contributed by atoms with van der Waals surface area (Å²) in [5.41, 5.74) is 2.54. The molecule has 2 rings (SSSR count). The van der Waals surface area contributed by atoms with E-state index in [0.717, 1.165) is 11.1 Å². The Morgan fingerprint density at radius 1 is 1.20 bits per heavy atom. The molecule has 75 valence electrons. The van der Waals surface area contributed by atoms with Gasteiger partial charge in [0.05, 0.1) is 11.9 Å². The number of rotatable bonds is 2. The Hall–Kier alpha value is -1.83. The van der Waals surface area contributed by atoms with Gasteiger partial charge >= 0.3 is 0 Å². The van der Waals surface area contributed by atoms with Crippen molar-refractivity contribution in [3.63, 3.8) is 0 Å². The van der Waals surface area contributed by atoms with Crippen LogP contribution in [0.5, 0.6) is 0 Å². The highest BCUT2D eigenvalue weighted by Gasteiger charge is 2.10. The second-order valence-electron chi connectivity index (χ2n) is 3.60. The molecule has 0 aliphatic heterocycles. The third-order valence-electron chi connectivity index (χ3n) is 2.42. The number of aryl methyl sites for hydroxylation is 2. The maximum absolute atomic E-state index is 12.0. The number of carbonyl (C=O) groups excluding carboxylic acids is 1. The molecule has 1 aromatic heterocycles. The molecule has 0 aliphatic rings. The van der Waals surface area contributed by atoms with Gasteiger partial charge in [-0.15, -0.1) is 0 Å². The first-order valence-electron chi connectivity index (χ1n) is 4.83. The largest absolute Gasteiger partial charge is 0.340 e. The van der Waals surface area contributed by atoms with E-state index in [1.54, 1.807) is 16.7 Å². The highest BCUT2D eigenvalue weighted by Crippen LogP contribution is 2.10. The summed E-state index contributed by atoms with van der Waals surface area (Å²) in [6.45, 7) is 2.00. The Balaban J connectivity index is 2.37. The molecule has 0 saturated carbocycles. The van der Waals surface area contributed by atoms with Crippen LogP contribution in [0.1, 0.15) is 21.6 Å². The van der Waals surface area contributed by atoms with Crippen LogP contribution in [0.3, 0.4) is 0 Å². The molecule has 2 aromatic rings. The third-order valence-corrected chi connectivity index (χ3v) is 2.42. The summed E-state index contributed by atoms with van der Waals surface area (Å²) in [5, 5.41) is 0. The maximum Gasteiger partial charge on any atom is 0.209 e. The number of aromatic nitrogens is 1. The van der Waals surface area contributed by atoms with Gasteiger partial charge < -0.3 is 4.57 Å². The van der Waals surface area contributed by atoms with Crippen molar-refractivity contribution < 1.29 is 4.79 Å². The summed E-state index contributed by atoms with van der Waals surface area (Å²) in [4.78, 5) is 12.0. The molecule has 0 saturated heterocycles. The summed E-state index contributed by atoms with van der Waals surface area (Å²) >= 11 is 0. The van der Waals surface area contributed by atoms with Gasteiger partial charge in [0.1, 0.15) is 0 Å². The van der Waals surface area contributed by atoms with E-state index in [4.69, 9.17) is 0 Å². The molecule has 1 aromatic carbocycles. The average molecular weight is 198 g/mol. The minimum absolute atomic E-state index is 0.0405. The molecular weight excluding hydrogens is 186 g/mol. The molecule has 0 aliphatic carbocycles. The normalized spacial score (nSPS) is 10.3. The molecule has 15 heavy (non-hydrogen) atoms. The molecule has 0 bridgehead atoms. The minimum atomic E-state index is 0.0405. The van der Waals surface area contributed by atoms with Gasteiger partial charge in [-0.25, -0.2) is 0 Å². The van der Waals surface area contributed by atoms with Crippen molar-refractivity contribution in [3.8, 4) is 0 Å². The molecule has 0 spiro atoms. The van der Waals surface area contributed by atoms with Gasteiger partial charge in [-0.2, -0.15) is 0 Å². The zero-order chi connectivity index (χ0) is 10.8. The fourth-order valence-corrected chi connectivity index (χ4v) is 1.49. The van der Waals surface area contributed by atoms with Crippen LogP contribution in [0.4, 0.5) is 0 Å². The lowest BCUT2D eigenvalue weighted by Crippen LogP contribution is -2.06. The Morgan fingerprint density at radius 2 is 1.87 bits per heavy atom. The van der Waals surface area contributed by atoms with E-state index in [-0.39, 0.29) is 5.78 Å². The lowest BCUT2D eigenvalue weighted by molar-refractivity contribution is 0.103. The molecule has 0 unspecified atom stereocenters. The fraction of sp³-hybridized carbons (Fsp3) is 0.154. The van der Waals surface area contributed by atoms with Crippen LogP contribution in [0.15, 0.2) is 36.4 Å². The van der Waals surface area contributed by atoms with E-state index < -0.39 is 0 Å². The Kier molecular flexibility index (Phi) is 2.42. The van der Waals surface area contributed by atoms with Crippen molar-refractivity contribution in [1.29, 1.82) is 0 Å². The van der Waals surface area contributed by atoms with Crippen LogP contribution in [0.2, 0.25) is 0 Å². The molecule has 0 atom stereocenters. The monoisotopic (exact) mass is 198 g/mol. The summed E-state index contributed by atoms with van der Waals surface area (Å²) in [6, 6.07) is 11.1. The molecule has 1 radical (unpaired) electrons. The number of benzene rings is 1. The zero-order valence-corrected chi connectivity index (χ0v) is 8.82. The van der Waals surface area contributed by atoms with Crippen molar-refractivity contribution in [3.05, 3.63) is 59.4 Å². The standard InChI is InChI=1S/C13H12NO/c1-10-5-7-11(8-6-10)13(15)12-4-3-9-14(12)2/h3-8H,1-2H3. The Bertz CT molecular complexity index is 479. The summed E-state index contributed by atoms with van der Waals surface area (Å²) < 4.78 is 1.71.